The second-order valence-corrected chi connectivity index (χ2v) is 7.15. The van der Waals surface area contributed by atoms with E-state index in [1.165, 1.54) is 11.3 Å². The Balaban J connectivity index is 2.15. The van der Waals surface area contributed by atoms with E-state index in [1.54, 1.807) is 0 Å². The van der Waals surface area contributed by atoms with E-state index in [0.717, 1.165) is 25.3 Å². The van der Waals surface area contributed by atoms with Crippen LogP contribution in [-0.2, 0) is 6.54 Å². The highest BCUT2D eigenvalue weighted by Gasteiger charge is 2.10. The van der Waals surface area contributed by atoms with Gasteiger partial charge in [-0.05, 0) is 44.0 Å². The van der Waals surface area contributed by atoms with E-state index in [0.29, 0.717) is 6.54 Å². The standard InChI is InChI=1S/C11H6Br2ClF2NS/c12-7-3-6(18-11(7)13)4-17-10-8(14)1-5(15)2-9(10)16/h1-3,17H,4H2. The normalized spacial score (nSPS) is 10.7. The van der Waals surface area contributed by atoms with Crippen molar-refractivity contribution in [1.29, 1.82) is 0 Å². The van der Waals surface area contributed by atoms with E-state index < -0.39 is 11.6 Å². The van der Waals surface area contributed by atoms with Gasteiger partial charge in [-0.3, -0.25) is 0 Å². The van der Waals surface area contributed by atoms with Crippen molar-refractivity contribution in [3.8, 4) is 0 Å². The van der Waals surface area contributed by atoms with E-state index in [4.69, 9.17) is 11.6 Å². The Kier molecular flexibility index (Phi) is 4.64. The Morgan fingerprint density at radius 1 is 1.22 bits per heavy atom. The third-order valence-corrected chi connectivity index (χ3v) is 5.70. The van der Waals surface area contributed by atoms with Gasteiger partial charge in [0.05, 0.1) is 14.5 Å². The molecular weight excluding hydrogens is 411 g/mol. The molecule has 0 aliphatic carbocycles. The number of thiophene rings is 1. The van der Waals surface area contributed by atoms with Gasteiger partial charge in [-0.15, -0.1) is 11.3 Å². The monoisotopic (exact) mass is 415 g/mol. The molecule has 2 rings (SSSR count). The van der Waals surface area contributed by atoms with Gasteiger partial charge >= 0.3 is 0 Å². The molecule has 0 spiro atoms. The van der Waals surface area contributed by atoms with E-state index in [1.807, 2.05) is 6.07 Å². The first kappa shape index (κ1) is 14.2. The summed E-state index contributed by atoms with van der Waals surface area (Å²) >= 11 is 14.0. The lowest BCUT2D eigenvalue weighted by molar-refractivity contribution is 0.585. The molecule has 0 amide bonds. The second-order valence-electron chi connectivity index (χ2n) is 3.43. The topological polar surface area (TPSA) is 12.0 Å². The number of hydrogen-bond donors (Lipinski definition) is 1. The zero-order valence-corrected chi connectivity index (χ0v) is 13.5. The Morgan fingerprint density at radius 3 is 2.50 bits per heavy atom. The minimum absolute atomic E-state index is 0.0298. The maximum Gasteiger partial charge on any atom is 0.150 e. The Labute approximate surface area is 128 Å². The van der Waals surface area contributed by atoms with Crippen LogP contribution < -0.4 is 5.32 Å². The highest BCUT2D eigenvalue weighted by Crippen LogP contribution is 2.33. The fourth-order valence-corrected chi connectivity index (χ4v) is 3.74. The van der Waals surface area contributed by atoms with Crippen molar-refractivity contribution in [1.82, 2.24) is 0 Å². The average Bonchev–Trinajstić information content (AvgIpc) is 2.56. The smallest absolute Gasteiger partial charge is 0.150 e. The van der Waals surface area contributed by atoms with Crippen molar-refractivity contribution in [3.05, 3.63) is 48.0 Å². The maximum absolute atomic E-state index is 13.5. The summed E-state index contributed by atoms with van der Waals surface area (Å²) < 4.78 is 28.3. The average molecular weight is 418 g/mol. The summed E-state index contributed by atoms with van der Waals surface area (Å²) in [5.41, 5.74) is 0.110. The third kappa shape index (κ3) is 3.23. The number of hydrogen-bond acceptors (Lipinski definition) is 2. The summed E-state index contributed by atoms with van der Waals surface area (Å²) in [6, 6.07) is 3.79. The molecule has 18 heavy (non-hydrogen) atoms. The molecule has 1 aromatic heterocycles. The van der Waals surface area contributed by atoms with Gasteiger partial charge in [-0.1, -0.05) is 11.6 Å². The highest BCUT2D eigenvalue weighted by molar-refractivity contribution is 9.13. The molecule has 0 bridgehead atoms. The van der Waals surface area contributed by atoms with Crippen LogP contribution in [0.25, 0.3) is 0 Å². The summed E-state index contributed by atoms with van der Waals surface area (Å²) in [6.45, 7) is 0.414. The first-order valence-electron chi connectivity index (χ1n) is 4.79. The van der Waals surface area contributed by atoms with Gasteiger partial charge in [0.25, 0.3) is 0 Å². The number of benzene rings is 1. The van der Waals surface area contributed by atoms with Crippen LogP contribution in [0.3, 0.4) is 0 Å². The zero-order chi connectivity index (χ0) is 13.3. The van der Waals surface area contributed by atoms with Crippen molar-refractivity contribution in [2.45, 2.75) is 6.54 Å². The number of rotatable bonds is 3. The van der Waals surface area contributed by atoms with Gasteiger partial charge in [-0.2, -0.15) is 0 Å². The van der Waals surface area contributed by atoms with Gasteiger partial charge < -0.3 is 5.32 Å². The van der Waals surface area contributed by atoms with Crippen LogP contribution in [0.15, 0.2) is 26.5 Å². The molecule has 96 valence electrons. The number of halogens is 5. The molecule has 1 nitrogen and oxygen atoms in total. The molecule has 0 atom stereocenters. The summed E-state index contributed by atoms with van der Waals surface area (Å²) in [5, 5.41) is 2.89. The van der Waals surface area contributed by atoms with Crippen LogP contribution in [0.5, 0.6) is 0 Å². The lowest BCUT2D eigenvalue weighted by atomic mass is 10.3. The SMILES string of the molecule is Fc1cc(F)c(NCc2cc(Br)c(Br)s2)c(Cl)c1. The van der Waals surface area contributed by atoms with Crippen molar-refractivity contribution in [2.75, 3.05) is 5.32 Å². The summed E-state index contributed by atoms with van der Waals surface area (Å²) in [4.78, 5) is 0.994. The first-order valence-corrected chi connectivity index (χ1v) is 7.57. The number of nitrogens with one attached hydrogen (secondary N) is 1. The molecule has 0 unspecified atom stereocenters. The van der Waals surface area contributed by atoms with Gasteiger partial charge in [-0.25, -0.2) is 8.78 Å². The molecule has 2 aromatic rings. The molecule has 0 aliphatic rings. The molecule has 0 saturated carbocycles. The molecule has 0 saturated heterocycles. The fourth-order valence-electron chi connectivity index (χ4n) is 1.37. The van der Waals surface area contributed by atoms with Crippen LogP contribution >= 0.6 is 54.8 Å². The van der Waals surface area contributed by atoms with Crippen LogP contribution in [0.2, 0.25) is 5.02 Å². The Bertz CT molecular complexity index is 546. The predicted octanol–water partition coefficient (Wildman–Crippen LogP) is 5.82. The lowest BCUT2D eigenvalue weighted by Crippen LogP contribution is -2.01. The quantitative estimate of drug-likeness (QED) is 0.664. The highest BCUT2D eigenvalue weighted by atomic mass is 79.9. The minimum Gasteiger partial charge on any atom is -0.377 e. The second kappa shape index (κ2) is 5.86. The van der Waals surface area contributed by atoms with Crippen LogP contribution in [0.4, 0.5) is 14.5 Å². The lowest BCUT2D eigenvalue weighted by Gasteiger charge is -2.08. The Morgan fingerprint density at radius 2 is 1.94 bits per heavy atom. The summed E-state index contributed by atoms with van der Waals surface area (Å²) in [5.74, 6) is -1.39. The van der Waals surface area contributed by atoms with Crippen LogP contribution in [0, 0.1) is 11.6 Å². The maximum atomic E-state index is 13.5. The van der Waals surface area contributed by atoms with Crippen LogP contribution in [-0.4, -0.2) is 0 Å². The zero-order valence-electron chi connectivity index (χ0n) is 8.74. The largest absolute Gasteiger partial charge is 0.377 e. The predicted molar refractivity (Wildman–Crippen MR) is 78.4 cm³/mol. The summed E-state index contributed by atoms with van der Waals surface area (Å²) in [7, 11) is 0. The van der Waals surface area contributed by atoms with Gasteiger partial charge in [0.2, 0.25) is 0 Å². The molecular formula is C11H6Br2ClF2NS. The molecule has 1 heterocycles. The number of anilines is 1. The molecule has 0 fully saturated rings. The third-order valence-electron chi connectivity index (χ3n) is 2.14. The van der Waals surface area contributed by atoms with Crippen LogP contribution in [0.1, 0.15) is 4.88 Å². The van der Waals surface area contributed by atoms with Crippen molar-refractivity contribution in [2.24, 2.45) is 0 Å². The minimum atomic E-state index is -0.699. The van der Waals surface area contributed by atoms with E-state index >= 15 is 0 Å². The molecule has 1 aromatic carbocycles. The van der Waals surface area contributed by atoms with Gasteiger partial charge in [0, 0.05) is 22.0 Å². The van der Waals surface area contributed by atoms with E-state index in [-0.39, 0.29) is 10.7 Å². The van der Waals surface area contributed by atoms with Crippen molar-refractivity contribution in [3.63, 3.8) is 0 Å². The summed E-state index contributed by atoms with van der Waals surface area (Å²) in [6.07, 6.45) is 0. The molecule has 7 heteroatoms. The Hall–Kier alpha value is -0.170. The molecule has 1 N–H and O–H groups in total. The van der Waals surface area contributed by atoms with Crippen molar-refractivity contribution >= 4 is 60.5 Å². The first-order chi connectivity index (χ1) is 8.47. The van der Waals surface area contributed by atoms with E-state index in [9.17, 15) is 8.78 Å². The van der Waals surface area contributed by atoms with E-state index in [2.05, 4.69) is 37.2 Å². The molecule has 0 radical (unpaired) electrons. The van der Waals surface area contributed by atoms with Gasteiger partial charge in [0.1, 0.15) is 5.82 Å². The fraction of sp³-hybridized carbons (Fsp3) is 0.0909. The molecule has 0 aliphatic heterocycles. The van der Waals surface area contributed by atoms with Gasteiger partial charge in [0.15, 0.2) is 5.82 Å². The van der Waals surface area contributed by atoms with Crippen molar-refractivity contribution < 1.29 is 8.78 Å².